The number of unbranched alkanes of at least 4 members (excludes halogenated alkanes) is 2. The van der Waals surface area contributed by atoms with Crippen molar-refractivity contribution < 1.29 is 33.4 Å². The van der Waals surface area contributed by atoms with Gasteiger partial charge in [0.1, 0.15) is 30.0 Å². The van der Waals surface area contributed by atoms with Crippen LogP contribution in [0.3, 0.4) is 0 Å². The fraction of sp³-hybridized carbons (Fsp3) is 0.481. The Morgan fingerprint density at radius 2 is 1.62 bits per heavy atom. The maximum atomic E-state index is 14.1. The number of thiocarbonyl (C=S) groups is 1. The van der Waals surface area contributed by atoms with Crippen LogP contribution in [0.25, 0.3) is 10.4 Å². The van der Waals surface area contributed by atoms with E-state index in [0.29, 0.717) is 68.7 Å². The number of benzene rings is 3. The predicted octanol–water partition coefficient (Wildman–Crippen LogP) is 8.27. The van der Waals surface area contributed by atoms with Crippen LogP contribution in [0.4, 0.5) is 11.4 Å². The van der Waals surface area contributed by atoms with Crippen molar-refractivity contribution >= 4 is 63.7 Å². The van der Waals surface area contributed by atoms with E-state index >= 15 is 0 Å². The van der Waals surface area contributed by atoms with Gasteiger partial charge in [0.2, 0.25) is 17.7 Å². The van der Waals surface area contributed by atoms with Gasteiger partial charge in [-0.1, -0.05) is 52.0 Å². The molecule has 2 saturated heterocycles. The van der Waals surface area contributed by atoms with Gasteiger partial charge in [-0.05, 0) is 143 Å². The lowest BCUT2D eigenvalue weighted by molar-refractivity contribution is -0.144. The zero-order chi connectivity index (χ0) is 49.2. The fourth-order valence-electron chi connectivity index (χ4n) is 8.48. The SMILES string of the molecule is Cc1cc(N2C(=O)C(C)(C)N(c3ccc(OCCCCCOCCCOCC(=O)N[C@H](C(=O)N4C[C@H](C)C[C@H]4C(=O)NCc4ccc(-c5scnc5C)cc4)C(C)(C)C)cc3)C2=S)ccc1C#N. The lowest BCUT2D eigenvalue weighted by Crippen LogP contribution is -2.58. The normalized spacial score (nSPS) is 17.3. The summed E-state index contributed by atoms with van der Waals surface area (Å²) in [6.07, 6.45) is 3.82. The highest BCUT2D eigenvalue weighted by molar-refractivity contribution is 7.81. The molecule has 1 aromatic heterocycles. The van der Waals surface area contributed by atoms with Gasteiger partial charge in [-0.25, -0.2) is 4.98 Å². The van der Waals surface area contributed by atoms with Gasteiger partial charge in [-0.15, -0.1) is 11.3 Å². The highest BCUT2D eigenvalue weighted by Crippen LogP contribution is 2.38. The molecule has 362 valence electrons. The van der Waals surface area contributed by atoms with E-state index in [1.165, 1.54) is 4.90 Å². The zero-order valence-corrected chi connectivity index (χ0v) is 42.2. The predicted molar refractivity (Wildman–Crippen MR) is 269 cm³/mol. The van der Waals surface area contributed by atoms with Gasteiger partial charge in [-0.2, -0.15) is 5.26 Å². The minimum Gasteiger partial charge on any atom is -0.494 e. The number of aromatic nitrogens is 1. The summed E-state index contributed by atoms with van der Waals surface area (Å²) in [5, 5.41) is 15.7. The molecular weight excluding hydrogens is 899 g/mol. The van der Waals surface area contributed by atoms with Gasteiger partial charge in [-0.3, -0.25) is 24.1 Å². The second-order valence-electron chi connectivity index (χ2n) is 19.2. The van der Waals surface area contributed by atoms with Gasteiger partial charge in [0.15, 0.2) is 5.11 Å². The van der Waals surface area contributed by atoms with Crippen molar-refractivity contribution in [3.63, 3.8) is 0 Å². The lowest BCUT2D eigenvalue weighted by Gasteiger charge is -2.35. The van der Waals surface area contributed by atoms with Gasteiger partial charge < -0.3 is 34.6 Å². The van der Waals surface area contributed by atoms with E-state index in [1.54, 1.807) is 28.4 Å². The van der Waals surface area contributed by atoms with Crippen molar-refractivity contribution in [3.05, 3.63) is 94.6 Å². The van der Waals surface area contributed by atoms with E-state index < -0.39 is 23.0 Å². The minimum absolute atomic E-state index is 0.134. The monoisotopic (exact) mass is 963 g/mol. The number of amides is 4. The maximum Gasteiger partial charge on any atom is 0.259 e. The Balaban J connectivity index is 0.841. The number of hydrogen-bond donors (Lipinski definition) is 2. The summed E-state index contributed by atoms with van der Waals surface area (Å²) in [4.78, 5) is 64.7. The third kappa shape index (κ3) is 12.7. The first kappa shape index (κ1) is 51.7. The molecule has 4 aromatic rings. The Morgan fingerprint density at radius 3 is 2.28 bits per heavy atom. The van der Waals surface area contributed by atoms with E-state index in [4.69, 9.17) is 26.4 Å². The summed E-state index contributed by atoms with van der Waals surface area (Å²) in [5.41, 5.74) is 6.09. The molecule has 2 aliphatic rings. The average molecular weight is 964 g/mol. The standard InChI is InChI=1S/C52H65N7O7S2/c1-34-27-43(47(61)54-30-37-13-15-38(16-14-37)45-36(3)55-33-68-45)57(31-34)48(62)46(51(4,5)6)56-44(60)32-65-25-12-24-64-23-10-9-11-26-66-42-21-19-40(20-22-42)59-50(67)58(49(63)52(59,7)8)41-18-17-39(29-53)35(2)28-41/h13-22,28,33-34,43,46H,9-12,23-27,30-32H2,1-8H3,(H,54,61)(H,56,60)/t34-,43+,46-/m1/s1. The van der Waals surface area contributed by atoms with Crippen molar-refractivity contribution in [2.75, 3.05) is 49.4 Å². The number of anilines is 2. The summed E-state index contributed by atoms with van der Waals surface area (Å²) >= 11 is 7.41. The number of thiazole rings is 1. The van der Waals surface area contributed by atoms with Crippen molar-refractivity contribution in [2.45, 2.75) is 112 Å². The number of aryl methyl sites for hydroxylation is 2. The molecule has 3 atom stereocenters. The average Bonchev–Trinajstić information content (AvgIpc) is 3.97. The van der Waals surface area contributed by atoms with E-state index in [-0.39, 0.29) is 36.2 Å². The minimum atomic E-state index is -0.911. The van der Waals surface area contributed by atoms with E-state index in [2.05, 4.69) is 21.7 Å². The Labute approximate surface area is 410 Å². The quantitative estimate of drug-likeness (QED) is 0.0610. The molecule has 2 aliphatic heterocycles. The van der Waals surface area contributed by atoms with E-state index in [1.807, 2.05) is 120 Å². The van der Waals surface area contributed by atoms with Gasteiger partial charge in [0.25, 0.3) is 5.91 Å². The topological polar surface area (TPSA) is 166 Å². The van der Waals surface area contributed by atoms with Crippen LogP contribution >= 0.6 is 23.6 Å². The first-order chi connectivity index (χ1) is 32.4. The molecule has 0 aliphatic carbocycles. The van der Waals surface area contributed by atoms with Crippen molar-refractivity contribution in [1.29, 1.82) is 5.26 Å². The largest absolute Gasteiger partial charge is 0.494 e. The molecule has 0 spiro atoms. The Hall–Kier alpha value is -5.73. The van der Waals surface area contributed by atoms with Crippen LogP contribution in [0, 0.1) is 36.5 Å². The van der Waals surface area contributed by atoms with Crippen molar-refractivity contribution in [1.82, 2.24) is 20.5 Å². The van der Waals surface area contributed by atoms with Crippen LogP contribution in [0.1, 0.15) is 96.0 Å². The molecular formula is C52H65N7O7S2. The second kappa shape index (κ2) is 23.0. The summed E-state index contributed by atoms with van der Waals surface area (Å²) in [7, 11) is 0. The summed E-state index contributed by atoms with van der Waals surface area (Å²) in [6, 6.07) is 21.6. The number of nitriles is 1. The molecule has 4 amide bonds. The number of carbonyl (C=O) groups is 4. The summed E-state index contributed by atoms with van der Waals surface area (Å²) in [5.74, 6) is -0.155. The summed E-state index contributed by atoms with van der Waals surface area (Å²) < 4.78 is 17.4. The molecule has 16 heteroatoms. The van der Waals surface area contributed by atoms with E-state index in [0.717, 1.165) is 58.0 Å². The molecule has 3 aromatic carbocycles. The molecule has 0 unspecified atom stereocenters. The van der Waals surface area contributed by atoms with Gasteiger partial charge in [0, 0.05) is 38.6 Å². The Bertz CT molecular complexity index is 2460. The molecule has 2 fully saturated rings. The number of carbonyl (C=O) groups excluding carboxylic acids is 4. The molecule has 0 bridgehead atoms. The van der Waals surface area contributed by atoms with Crippen LogP contribution in [-0.4, -0.2) is 95.8 Å². The Kier molecular flexibility index (Phi) is 17.5. The molecule has 6 rings (SSSR count). The van der Waals surface area contributed by atoms with Crippen LogP contribution in [0.2, 0.25) is 0 Å². The van der Waals surface area contributed by atoms with Crippen LogP contribution in [0.15, 0.2) is 72.2 Å². The first-order valence-electron chi connectivity index (χ1n) is 23.4. The van der Waals surface area contributed by atoms with Crippen molar-refractivity contribution in [3.8, 4) is 22.3 Å². The number of hydrogen-bond acceptors (Lipinski definition) is 11. The third-order valence-corrected chi connectivity index (χ3v) is 13.6. The zero-order valence-electron chi connectivity index (χ0n) is 40.6. The van der Waals surface area contributed by atoms with Gasteiger partial charge in [0.05, 0.1) is 40.0 Å². The van der Waals surface area contributed by atoms with Crippen LogP contribution < -0.4 is 25.2 Å². The number of nitrogens with one attached hydrogen (secondary N) is 2. The summed E-state index contributed by atoms with van der Waals surface area (Å²) in [6.45, 7) is 17.8. The fourth-order valence-corrected chi connectivity index (χ4v) is 9.81. The highest BCUT2D eigenvalue weighted by atomic mass is 32.1. The number of likely N-dealkylation sites (tertiary alicyclic amines) is 1. The number of rotatable bonds is 21. The molecule has 14 nitrogen and oxygen atoms in total. The first-order valence-corrected chi connectivity index (χ1v) is 24.6. The highest BCUT2D eigenvalue weighted by Gasteiger charge is 2.50. The molecule has 68 heavy (non-hydrogen) atoms. The van der Waals surface area contributed by atoms with E-state index in [9.17, 15) is 24.4 Å². The molecule has 0 radical (unpaired) electrons. The maximum absolute atomic E-state index is 14.1. The number of nitrogens with zero attached hydrogens (tertiary/aromatic N) is 5. The molecule has 0 saturated carbocycles. The second-order valence-corrected chi connectivity index (χ2v) is 20.5. The molecule has 2 N–H and O–H groups in total. The lowest BCUT2D eigenvalue weighted by atomic mass is 9.85. The van der Waals surface area contributed by atoms with Crippen LogP contribution in [0.5, 0.6) is 5.75 Å². The Morgan fingerprint density at radius 1 is 0.941 bits per heavy atom. The number of ether oxygens (including phenoxy) is 3. The van der Waals surface area contributed by atoms with Gasteiger partial charge >= 0.3 is 0 Å². The van der Waals surface area contributed by atoms with Crippen LogP contribution in [-0.2, 0) is 35.2 Å². The molecule has 3 heterocycles. The third-order valence-electron chi connectivity index (χ3n) is 12.3. The van der Waals surface area contributed by atoms with Crippen molar-refractivity contribution in [2.24, 2.45) is 11.3 Å². The smallest absolute Gasteiger partial charge is 0.259 e.